The molecule has 21 heavy (non-hydrogen) atoms. The standard InChI is InChI=1S/C13H19N3O4S/c17-13-5-8-15(9-6-14-13)21(18,19)16-7-1-3-11(16)12-4-2-10-20-12/h2,4,10-11H,1,3,5-9H2,(H,14,17). The molecule has 2 saturated heterocycles. The molecule has 116 valence electrons. The second-order valence-electron chi connectivity index (χ2n) is 5.29. The summed E-state index contributed by atoms with van der Waals surface area (Å²) in [5, 5.41) is 2.69. The van der Waals surface area contributed by atoms with Crippen molar-refractivity contribution >= 4 is 16.1 Å². The average molecular weight is 313 g/mol. The topological polar surface area (TPSA) is 82.9 Å². The van der Waals surface area contributed by atoms with Gasteiger partial charge in [-0.25, -0.2) is 0 Å². The van der Waals surface area contributed by atoms with Crippen molar-refractivity contribution in [1.82, 2.24) is 13.9 Å². The molecule has 2 aliphatic rings. The Morgan fingerprint density at radius 2 is 2.14 bits per heavy atom. The van der Waals surface area contributed by atoms with E-state index in [1.165, 1.54) is 8.61 Å². The molecule has 2 aliphatic heterocycles. The molecule has 3 rings (SSSR count). The second kappa shape index (κ2) is 5.78. The van der Waals surface area contributed by atoms with Gasteiger partial charge in [-0.15, -0.1) is 0 Å². The second-order valence-corrected chi connectivity index (χ2v) is 7.17. The first kappa shape index (κ1) is 14.6. The number of hydrogen-bond donors (Lipinski definition) is 1. The third kappa shape index (κ3) is 2.83. The zero-order valence-electron chi connectivity index (χ0n) is 11.7. The Kier molecular flexibility index (Phi) is 4.01. The van der Waals surface area contributed by atoms with Crippen LogP contribution in [0.4, 0.5) is 0 Å². The van der Waals surface area contributed by atoms with Crippen LogP contribution in [0.15, 0.2) is 22.8 Å². The lowest BCUT2D eigenvalue weighted by molar-refractivity contribution is -0.120. The zero-order chi connectivity index (χ0) is 14.9. The van der Waals surface area contributed by atoms with Gasteiger partial charge in [-0.05, 0) is 25.0 Å². The van der Waals surface area contributed by atoms with Crippen molar-refractivity contribution in [2.24, 2.45) is 0 Å². The minimum absolute atomic E-state index is 0.100. The first-order valence-corrected chi connectivity index (χ1v) is 8.56. The Hall–Kier alpha value is -1.38. The van der Waals surface area contributed by atoms with Crippen LogP contribution in [0.1, 0.15) is 31.1 Å². The number of amides is 1. The van der Waals surface area contributed by atoms with E-state index in [1.807, 2.05) is 6.07 Å². The molecule has 3 heterocycles. The molecule has 7 nitrogen and oxygen atoms in total. The Labute approximate surface area is 124 Å². The number of nitrogens with zero attached hydrogens (tertiary/aromatic N) is 2. The van der Waals surface area contributed by atoms with E-state index in [0.717, 1.165) is 12.8 Å². The summed E-state index contributed by atoms with van der Waals surface area (Å²) >= 11 is 0. The Morgan fingerprint density at radius 3 is 2.90 bits per heavy atom. The van der Waals surface area contributed by atoms with Crippen molar-refractivity contribution in [3.8, 4) is 0 Å². The Bertz CT molecular complexity index is 599. The molecule has 1 atom stereocenters. The molecule has 1 amide bonds. The predicted molar refractivity (Wildman–Crippen MR) is 75.5 cm³/mol. The summed E-state index contributed by atoms with van der Waals surface area (Å²) in [5.74, 6) is 0.580. The molecule has 1 aromatic heterocycles. The maximum absolute atomic E-state index is 12.8. The Morgan fingerprint density at radius 1 is 1.29 bits per heavy atom. The van der Waals surface area contributed by atoms with Crippen LogP contribution in [0, 0.1) is 0 Å². The summed E-state index contributed by atoms with van der Waals surface area (Å²) in [5.41, 5.74) is 0. The fourth-order valence-electron chi connectivity index (χ4n) is 2.91. The van der Waals surface area contributed by atoms with Gasteiger partial charge in [-0.2, -0.15) is 17.0 Å². The van der Waals surface area contributed by atoms with Crippen LogP contribution < -0.4 is 5.32 Å². The van der Waals surface area contributed by atoms with Crippen molar-refractivity contribution in [3.05, 3.63) is 24.2 Å². The number of hydrogen-bond acceptors (Lipinski definition) is 4. The van der Waals surface area contributed by atoms with E-state index in [1.54, 1.807) is 12.3 Å². The zero-order valence-corrected chi connectivity index (χ0v) is 12.5. The van der Waals surface area contributed by atoms with Crippen molar-refractivity contribution in [1.29, 1.82) is 0 Å². The highest BCUT2D eigenvalue weighted by Crippen LogP contribution is 2.35. The van der Waals surface area contributed by atoms with Crippen molar-refractivity contribution in [2.75, 3.05) is 26.2 Å². The van der Waals surface area contributed by atoms with Crippen LogP contribution in [0.25, 0.3) is 0 Å². The summed E-state index contributed by atoms with van der Waals surface area (Å²) < 4.78 is 33.9. The van der Waals surface area contributed by atoms with Crippen LogP contribution >= 0.6 is 0 Å². The lowest BCUT2D eigenvalue weighted by Gasteiger charge is -2.29. The van der Waals surface area contributed by atoms with Crippen molar-refractivity contribution in [3.63, 3.8) is 0 Å². The number of nitrogens with one attached hydrogen (secondary N) is 1. The van der Waals surface area contributed by atoms with E-state index in [2.05, 4.69) is 5.32 Å². The van der Waals surface area contributed by atoms with E-state index in [9.17, 15) is 13.2 Å². The third-order valence-corrected chi connectivity index (χ3v) is 6.02. The van der Waals surface area contributed by atoms with E-state index in [0.29, 0.717) is 25.4 Å². The van der Waals surface area contributed by atoms with Gasteiger partial charge in [0, 0.05) is 32.6 Å². The lowest BCUT2D eigenvalue weighted by atomic mass is 10.2. The molecule has 0 spiro atoms. The van der Waals surface area contributed by atoms with Gasteiger partial charge in [-0.1, -0.05) is 0 Å². The van der Waals surface area contributed by atoms with Gasteiger partial charge in [0.25, 0.3) is 10.2 Å². The number of carbonyl (C=O) groups is 1. The SMILES string of the molecule is O=C1CCN(S(=O)(=O)N2CCCC2c2ccco2)CCN1. The molecule has 0 bridgehead atoms. The summed E-state index contributed by atoms with van der Waals surface area (Å²) in [6, 6.07) is 3.34. The van der Waals surface area contributed by atoms with Gasteiger partial charge in [-0.3, -0.25) is 4.79 Å². The van der Waals surface area contributed by atoms with E-state index < -0.39 is 10.2 Å². The molecular weight excluding hydrogens is 294 g/mol. The van der Waals surface area contributed by atoms with Gasteiger partial charge in [0.2, 0.25) is 5.91 Å². The van der Waals surface area contributed by atoms with Gasteiger partial charge in [0.05, 0.1) is 12.3 Å². The maximum atomic E-state index is 12.8. The van der Waals surface area contributed by atoms with Crippen LogP contribution in [0.5, 0.6) is 0 Å². The molecule has 2 fully saturated rings. The summed E-state index contributed by atoms with van der Waals surface area (Å²) in [6.45, 7) is 1.40. The average Bonchev–Trinajstić information content (AvgIpc) is 3.08. The Balaban J connectivity index is 1.81. The quantitative estimate of drug-likeness (QED) is 0.880. The van der Waals surface area contributed by atoms with Gasteiger partial charge >= 0.3 is 0 Å². The molecule has 0 aromatic carbocycles. The molecule has 0 aliphatic carbocycles. The van der Waals surface area contributed by atoms with E-state index in [-0.39, 0.29) is 24.9 Å². The van der Waals surface area contributed by atoms with E-state index >= 15 is 0 Å². The molecule has 8 heteroatoms. The first-order valence-electron chi connectivity index (χ1n) is 7.16. The predicted octanol–water partition coefficient (Wildman–Crippen LogP) is 0.483. The smallest absolute Gasteiger partial charge is 0.282 e. The molecule has 1 aromatic rings. The highest BCUT2D eigenvalue weighted by Gasteiger charge is 2.40. The summed E-state index contributed by atoms with van der Waals surface area (Å²) in [7, 11) is -3.57. The fourth-order valence-corrected chi connectivity index (χ4v) is 4.74. The minimum Gasteiger partial charge on any atom is -0.468 e. The van der Waals surface area contributed by atoms with Crippen LogP contribution in [-0.2, 0) is 15.0 Å². The highest BCUT2D eigenvalue weighted by molar-refractivity contribution is 7.86. The summed E-state index contributed by atoms with van der Waals surface area (Å²) in [4.78, 5) is 11.4. The number of rotatable bonds is 3. The van der Waals surface area contributed by atoms with E-state index in [4.69, 9.17) is 4.42 Å². The summed E-state index contributed by atoms with van der Waals surface area (Å²) in [6.07, 6.45) is 3.35. The molecule has 0 radical (unpaired) electrons. The minimum atomic E-state index is -3.57. The first-order chi connectivity index (χ1) is 10.1. The molecular formula is C13H19N3O4S. The fraction of sp³-hybridized carbons (Fsp3) is 0.615. The highest BCUT2D eigenvalue weighted by atomic mass is 32.2. The molecule has 1 N–H and O–H groups in total. The maximum Gasteiger partial charge on any atom is 0.282 e. The number of carbonyl (C=O) groups excluding carboxylic acids is 1. The number of furan rings is 1. The van der Waals surface area contributed by atoms with Crippen molar-refractivity contribution in [2.45, 2.75) is 25.3 Å². The monoisotopic (exact) mass is 313 g/mol. The third-order valence-electron chi connectivity index (χ3n) is 3.97. The largest absolute Gasteiger partial charge is 0.468 e. The van der Waals surface area contributed by atoms with Gasteiger partial charge in [0.1, 0.15) is 5.76 Å². The van der Waals surface area contributed by atoms with Crippen LogP contribution in [0.2, 0.25) is 0 Å². The molecule has 1 unspecified atom stereocenters. The van der Waals surface area contributed by atoms with Crippen LogP contribution in [0.3, 0.4) is 0 Å². The van der Waals surface area contributed by atoms with Crippen LogP contribution in [-0.4, -0.2) is 49.1 Å². The van der Waals surface area contributed by atoms with Crippen molar-refractivity contribution < 1.29 is 17.6 Å². The normalized spacial score (nSPS) is 25.7. The molecule has 0 saturated carbocycles. The van der Waals surface area contributed by atoms with Gasteiger partial charge < -0.3 is 9.73 Å². The van der Waals surface area contributed by atoms with Gasteiger partial charge in [0.15, 0.2) is 0 Å². The lowest BCUT2D eigenvalue weighted by Crippen LogP contribution is -2.44.